The highest BCUT2D eigenvalue weighted by atomic mass is 35.5. The minimum atomic E-state index is -0.557. The topological polar surface area (TPSA) is 90.6 Å². The summed E-state index contributed by atoms with van der Waals surface area (Å²) in [6.07, 6.45) is 0.512. The van der Waals surface area contributed by atoms with E-state index in [1.165, 1.54) is 7.11 Å². The summed E-state index contributed by atoms with van der Waals surface area (Å²) in [6.45, 7) is 0.261. The quantitative estimate of drug-likeness (QED) is 0.648. The second-order valence-corrected chi connectivity index (χ2v) is 6.15. The average molecular weight is 361 g/mol. The number of esters is 1. The Hall–Kier alpha value is -2.73. The van der Waals surface area contributed by atoms with Gasteiger partial charge in [-0.1, -0.05) is 17.7 Å². The molecule has 25 heavy (non-hydrogen) atoms. The molecule has 1 aliphatic heterocycles. The molecule has 1 amide bonds. The summed E-state index contributed by atoms with van der Waals surface area (Å²) in [5.41, 5.74) is 7.59. The van der Waals surface area contributed by atoms with Crippen LogP contribution in [0.2, 0.25) is 5.02 Å². The van der Waals surface area contributed by atoms with E-state index in [1.54, 1.807) is 36.4 Å². The van der Waals surface area contributed by atoms with Crippen molar-refractivity contribution in [3.63, 3.8) is 0 Å². The summed E-state index contributed by atoms with van der Waals surface area (Å²) >= 11 is 6.00. The number of para-hydroxylation sites is 1. The molecule has 0 unspecified atom stereocenters. The number of halogens is 1. The number of nitrogens with one attached hydrogen (secondary N) is 1. The zero-order valence-corrected chi connectivity index (χ0v) is 14.3. The Balaban J connectivity index is 1.76. The smallest absolute Gasteiger partial charge is 0.340 e. The van der Waals surface area contributed by atoms with E-state index in [0.29, 0.717) is 17.1 Å². The Morgan fingerprint density at radius 2 is 2.12 bits per heavy atom. The first-order valence-corrected chi connectivity index (χ1v) is 8.06. The van der Waals surface area contributed by atoms with Gasteiger partial charge in [0.2, 0.25) is 5.91 Å². The predicted molar refractivity (Wildman–Crippen MR) is 95.0 cm³/mol. The van der Waals surface area contributed by atoms with Crippen LogP contribution >= 0.6 is 11.6 Å². The Bertz CT molecular complexity index is 838. The number of nitrogens with two attached hydrogens (primary N) is 1. The van der Waals surface area contributed by atoms with E-state index in [0.717, 1.165) is 11.3 Å². The maximum Gasteiger partial charge on any atom is 0.340 e. The van der Waals surface area contributed by atoms with Crippen molar-refractivity contribution in [1.82, 2.24) is 0 Å². The highest BCUT2D eigenvalue weighted by molar-refractivity contribution is 6.30. The van der Waals surface area contributed by atoms with Crippen LogP contribution in [0.5, 0.6) is 5.75 Å². The molecule has 0 saturated carbocycles. The molecule has 0 bridgehead atoms. The molecule has 1 heterocycles. The van der Waals surface area contributed by atoms with Crippen molar-refractivity contribution in [3.05, 3.63) is 52.5 Å². The van der Waals surface area contributed by atoms with Gasteiger partial charge in [-0.3, -0.25) is 4.79 Å². The van der Waals surface area contributed by atoms with Crippen molar-refractivity contribution < 1.29 is 19.1 Å². The van der Waals surface area contributed by atoms with Gasteiger partial charge in [0, 0.05) is 5.02 Å². The van der Waals surface area contributed by atoms with Crippen LogP contribution in [-0.4, -0.2) is 25.6 Å². The number of hydrogen-bond donors (Lipinski definition) is 2. The van der Waals surface area contributed by atoms with E-state index in [-0.39, 0.29) is 29.7 Å². The van der Waals surface area contributed by atoms with Gasteiger partial charge in [0.05, 0.1) is 30.0 Å². The third kappa shape index (κ3) is 3.53. The number of fused-ring (bicyclic) bond motifs is 1. The Morgan fingerprint density at radius 1 is 1.32 bits per heavy atom. The molecular weight excluding hydrogens is 344 g/mol. The molecule has 7 heteroatoms. The number of carbonyl (C=O) groups excluding carboxylic acids is 2. The van der Waals surface area contributed by atoms with E-state index in [1.807, 2.05) is 0 Å². The SMILES string of the molecule is COC(=O)c1cccc(NC(=O)[C@@H]2COc3ccc(Cl)cc3C2)c1N. The number of rotatable bonds is 3. The van der Waals surface area contributed by atoms with Gasteiger partial charge >= 0.3 is 5.97 Å². The molecule has 0 radical (unpaired) electrons. The molecule has 2 aromatic carbocycles. The lowest BCUT2D eigenvalue weighted by Gasteiger charge is -2.25. The van der Waals surface area contributed by atoms with Crippen LogP contribution in [0.4, 0.5) is 11.4 Å². The second kappa shape index (κ2) is 7.03. The number of nitrogen functional groups attached to an aromatic ring is 1. The normalized spacial score (nSPS) is 15.7. The number of hydrogen-bond acceptors (Lipinski definition) is 5. The number of carbonyl (C=O) groups is 2. The molecule has 1 atom stereocenters. The lowest BCUT2D eigenvalue weighted by atomic mass is 9.96. The molecule has 130 valence electrons. The summed E-state index contributed by atoms with van der Waals surface area (Å²) in [7, 11) is 1.27. The van der Waals surface area contributed by atoms with E-state index in [4.69, 9.17) is 22.1 Å². The van der Waals surface area contributed by atoms with Crippen molar-refractivity contribution in [3.8, 4) is 5.75 Å². The first kappa shape index (κ1) is 17.1. The molecule has 3 N–H and O–H groups in total. The van der Waals surface area contributed by atoms with Gasteiger partial charge in [-0.2, -0.15) is 0 Å². The van der Waals surface area contributed by atoms with Crippen molar-refractivity contribution in [2.45, 2.75) is 6.42 Å². The standard InChI is InChI=1S/C18H17ClN2O4/c1-24-18(23)13-3-2-4-14(16(13)20)21-17(22)11-7-10-8-12(19)5-6-15(10)25-9-11/h2-6,8,11H,7,9,20H2,1H3,(H,21,22)/t11-/m0/s1. The molecular formula is C18H17ClN2O4. The van der Waals surface area contributed by atoms with Crippen LogP contribution in [0.3, 0.4) is 0 Å². The van der Waals surface area contributed by atoms with E-state index < -0.39 is 5.97 Å². The Kier molecular flexibility index (Phi) is 4.81. The molecule has 0 saturated heterocycles. The first-order valence-electron chi connectivity index (χ1n) is 7.68. The van der Waals surface area contributed by atoms with E-state index in [2.05, 4.69) is 10.1 Å². The van der Waals surface area contributed by atoms with Crippen LogP contribution in [0.1, 0.15) is 15.9 Å². The van der Waals surface area contributed by atoms with Crippen LogP contribution in [0, 0.1) is 5.92 Å². The van der Waals surface area contributed by atoms with Gasteiger partial charge in [0.1, 0.15) is 12.4 Å². The highest BCUT2D eigenvalue weighted by Gasteiger charge is 2.27. The number of amides is 1. The van der Waals surface area contributed by atoms with Gasteiger partial charge in [-0.05, 0) is 42.3 Å². The third-order valence-electron chi connectivity index (χ3n) is 4.07. The minimum Gasteiger partial charge on any atom is -0.492 e. The van der Waals surface area contributed by atoms with Crippen LogP contribution in [-0.2, 0) is 16.0 Å². The number of ether oxygens (including phenoxy) is 2. The monoisotopic (exact) mass is 360 g/mol. The largest absolute Gasteiger partial charge is 0.492 e. The summed E-state index contributed by atoms with van der Waals surface area (Å²) in [6, 6.07) is 10.1. The predicted octanol–water partition coefficient (Wildman–Crippen LogP) is 2.90. The van der Waals surface area contributed by atoms with E-state index in [9.17, 15) is 9.59 Å². The van der Waals surface area contributed by atoms with E-state index >= 15 is 0 Å². The van der Waals surface area contributed by atoms with Crippen LogP contribution in [0.25, 0.3) is 0 Å². The highest BCUT2D eigenvalue weighted by Crippen LogP contribution is 2.31. The van der Waals surface area contributed by atoms with Gasteiger partial charge in [-0.25, -0.2) is 4.79 Å². The maximum absolute atomic E-state index is 12.6. The second-order valence-electron chi connectivity index (χ2n) is 5.71. The number of methoxy groups -OCH3 is 1. The molecule has 0 aliphatic carbocycles. The fraction of sp³-hybridized carbons (Fsp3) is 0.222. The van der Waals surface area contributed by atoms with Gasteiger partial charge in [0.15, 0.2) is 0 Å². The zero-order chi connectivity index (χ0) is 18.0. The molecule has 3 rings (SSSR count). The average Bonchev–Trinajstić information content (AvgIpc) is 2.62. The maximum atomic E-state index is 12.6. The minimum absolute atomic E-state index is 0.169. The van der Waals surface area contributed by atoms with Crippen molar-refractivity contribution in [2.24, 2.45) is 5.92 Å². The van der Waals surface area contributed by atoms with Gasteiger partial charge in [0.25, 0.3) is 0 Å². The van der Waals surface area contributed by atoms with Crippen molar-refractivity contribution in [2.75, 3.05) is 24.8 Å². The summed E-state index contributed by atoms with van der Waals surface area (Å²) in [5, 5.41) is 3.36. The zero-order valence-electron chi connectivity index (χ0n) is 13.5. The Morgan fingerprint density at radius 3 is 2.88 bits per heavy atom. The fourth-order valence-electron chi connectivity index (χ4n) is 2.73. The van der Waals surface area contributed by atoms with Crippen LogP contribution < -0.4 is 15.8 Å². The lowest BCUT2D eigenvalue weighted by Crippen LogP contribution is -2.32. The number of benzene rings is 2. The molecule has 6 nitrogen and oxygen atoms in total. The molecule has 2 aromatic rings. The Labute approximate surface area is 149 Å². The lowest BCUT2D eigenvalue weighted by molar-refractivity contribution is -0.121. The molecule has 0 spiro atoms. The first-order chi connectivity index (χ1) is 12.0. The summed E-state index contributed by atoms with van der Waals surface area (Å²) in [4.78, 5) is 24.3. The van der Waals surface area contributed by atoms with Crippen LogP contribution in [0.15, 0.2) is 36.4 Å². The molecule has 1 aliphatic rings. The number of anilines is 2. The van der Waals surface area contributed by atoms with Crippen molar-refractivity contribution in [1.29, 1.82) is 0 Å². The molecule has 0 aromatic heterocycles. The summed E-state index contributed by atoms with van der Waals surface area (Å²) in [5.74, 6) is -0.440. The van der Waals surface area contributed by atoms with Gasteiger partial charge in [-0.15, -0.1) is 0 Å². The van der Waals surface area contributed by atoms with Crippen molar-refractivity contribution >= 4 is 34.9 Å². The van der Waals surface area contributed by atoms with Gasteiger partial charge < -0.3 is 20.5 Å². The fourth-order valence-corrected chi connectivity index (χ4v) is 2.92. The molecule has 0 fully saturated rings. The summed E-state index contributed by atoms with van der Waals surface area (Å²) < 4.78 is 10.3. The third-order valence-corrected chi connectivity index (χ3v) is 4.30.